The predicted molar refractivity (Wildman–Crippen MR) is 124 cm³/mol. The maximum Gasteiger partial charge on any atom is 0.290 e. The molecule has 2 amide bonds. The van der Waals surface area contributed by atoms with Crippen molar-refractivity contribution in [2.75, 3.05) is 19.7 Å². The van der Waals surface area contributed by atoms with Crippen LogP contribution in [0.4, 0.5) is 4.39 Å². The minimum Gasteiger partial charge on any atom is -0.488 e. The largest absolute Gasteiger partial charge is 0.488 e. The fourth-order valence-electron chi connectivity index (χ4n) is 4.03. The molecule has 0 bridgehead atoms. The molecule has 3 heterocycles. The van der Waals surface area contributed by atoms with Crippen LogP contribution in [-0.2, 0) is 11.2 Å². The maximum absolute atomic E-state index is 14.1. The summed E-state index contributed by atoms with van der Waals surface area (Å²) in [5, 5.41) is 2.00. The number of thiophene rings is 1. The van der Waals surface area contributed by atoms with E-state index in [1.165, 1.54) is 17.2 Å². The van der Waals surface area contributed by atoms with Crippen molar-refractivity contribution in [3.8, 4) is 5.75 Å². The van der Waals surface area contributed by atoms with Crippen LogP contribution in [0.2, 0.25) is 0 Å². The fraction of sp³-hybridized carbons (Fsp3) is 0.360. The second-order valence-electron chi connectivity index (χ2n) is 8.06. The van der Waals surface area contributed by atoms with Crippen LogP contribution in [0.25, 0.3) is 0 Å². The van der Waals surface area contributed by atoms with Gasteiger partial charge in [0, 0.05) is 17.5 Å². The molecule has 1 aliphatic heterocycles. The zero-order valence-corrected chi connectivity index (χ0v) is 19.5. The van der Waals surface area contributed by atoms with Gasteiger partial charge in [0.1, 0.15) is 13.2 Å². The van der Waals surface area contributed by atoms with Gasteiger partial charge in [-0.25, -0.2) is 4.39 Å². The molecule has 6 nitrogen and oxygen atoms in total. The molecule has 0 spiro atoms. The van der Waals surface area contributed by atoms with Crippen molar-refractivity contribution < 1.29 is 23.1 Å². The van der Waals surface area contributed by atoms with E-state index in [-0.39, 0.29) is 48.6 Å². The van der Waals surface area contributed by atoms with Gasteiger partial charge in [0.25, 0.3) is 5.91 Å². The summed E-state index contributed by atoms with van der Waals surface area (Å²) in [6.45, 7) is 4.47. The number of benzene rings is 1. The lowest BCUT2D eigenvalue weighted by Gasteiger charge is -2.38. The second-order valence-corrected chi connectivity index (χ2v) is 9.06. The number of hydrogen-bond donors (Lipinski definition) is 0. The number of halogens is 1. The number of carbonyl (C=O) groups excluding carboxylic acids is 2. The number of furan rings is 1. The van der Waals surface area contributed by atoms with Gasteiger partial charge in [-0.2, -0.15) is 0 Å². The molecule has 0 unspecified atom stereocenters. The number of amides is 2. The highest BCUT2D eigenvalue weighted by Crippen LogP contribution is 2.34. The monoisotopic (exact) mass is 470 g/mol. The zero-order valence-electron chi connectivity index (χ0n) is 18.7. The lowest BCUT2D eigenvalue weighted by Crippen LogP contribution is -2.49. The van der Waals surface area contributed by atoms with E-state index in [1.807, 2.05) is 25.3 Å². The van der Waals surface area contributed by atoms with Gasteiger partial charge in [0.15, 0.2) is 17.3 Å². The lowest BCUT2D eigenvalue weighted by molar-refractivity contribution is -0.136. The third-order valence-electron chi connectivity index (χ3n) is 6.07. The van der Waals surface area contributed by atoms with Gasteiger partial charge >= 0.3 is 0 Å². The van der Waals surface area contributed by atoms with E-state index in [2.05, 4.69) is 0 Å². The van der Waals surface area contributed by atoms with Crippen LogP contribution in [-0.4, -0.2) is 47.4 Å². The summed E-state index contributed by atoms with van der Waals surface area (Å²) in [4.78, 5) is 31.0. The smallest absolute Gasteiger partial charge is 0.290 e. The third kappa shape index (κ3) is 4.95. The van der Waals surface area contributed by atoms with Gasteiger partial charge < -0.3 is 19.0 Å². The number of hydrogen-bond acceptors (Lipinski definition) is 5. The molecular weight excluding hydrogens is 443 g/mol. The number of para-hydroxylation sites is 1. The number of rotatable bonds is 8. The summed E-state index contributed by atoms with van der Waals surface area (Å²) < 4.78 is 25.2. The highest BCUT2D eigenvalue weighted by Gasteiger charge is 2.35. The van der Waals surface area contributed by atoms with E-state index in [9.17, 15) is 14.0 Å². The first-order chi connectivity index (χ1) is 16.0. The number of nitrogens with zero attached hydrogens (tertiary/aromatic N) is 2. The van der Waals surface area contributed by atoms with E-state index in [0.717, 1.165) is 12.0 Å². The van der Waals surface area contributed by atoms with Crippen LogP contribution in [0.5, 0.6) is 5.75 Å². The topological polar surface area (TPSA) is 63.0 Å². The van der Waals surface area contributed by atoms with E-state index in [1.54, 1.807) is 51.5 Å². The summed E-state index contributed by atoms with van der Waals surface area (Å²) in [7, 11) is 0. The van der Waals surface area contributed by atoms with E-state index in [4.69, 9.17) is 9.15 Å². The Bertz CT molecular complexity index is 1100. The summed E-state index contributed by atoms with van der Waals surface area (Å²) in [5.41, 5.74) is 1.02. The van der Waals surface area contributed by atoms with E-state index in [0.29, 0.717) is 13.0 Å². The Morgan fingerprint density at radius 3 is 2.82 bits per heavy atom. The molecule has 0 saturated carbocycles. The molecule has 2 atom stereocenters. The van der Waals surface area contributed by atoms with Crippen molar-refractivity contribution in [1.29, 1.82) is 0 Å². The summed E-state index contributed by atoms with van der Waals surface area (Å²) in [5.74, 6) is -0.559. The maximum atomic E-state index is 14.1. The van der Waals surface area contributed by atoms with Crippen molar-refractivity contribution in [2.45, 2.75) is 38.8 Å². The first-order valence-corrected chi connectivity index (χ1v) is 11.9. The summed E-state index contributed by atoms with van der Waals surface area (Å²) in [6, 6.07) is 11.0. The van der Waals surface area contributed by atoms with Gasteiger partial charge in [-0.05, 0) is 61.0 Å². The molecule has 0 fully saturated rings. The van der Waals surface area contributed by atoms with Crippen LogP contribution in [0.15, 0.2) is 58.5 Å². The second kappa shape index (κ2) is 10.2. The fourth-order valence-corrected chi connectivity index (χ4v) is 4.96. The molecule has 1 aromatic carbocycles. The molecule has 8 heteroatoms. The molecule has 174 valence electrons. The Hall–Kier alpha value is -3.13. The Labute approximate surface area is 196 Å². The third-order valence-corrected chi connectivity index (χ3v) is 7.07. The number of carbonyl (C=O) groups is 2. The predicted octanol–water partition coefficient (Wildman–Crippen LogP) is 4.93. The first-order valence-electron chi connectivity index (χ1n) is 11.1. The Kier molecular flexibility index (Phi) is 7.13. The van der Waals surface area contributed by atoms with E-state index >= 15 is 0 Å². The highest BCUT2D eigenvalue weighted by molar-refractivity contribution is 7.10. The molecule has 0 N–H and O–H groups in total. The van der Waals surface area contributed by atoms with Gasteiger partial charge in [0.05, 0.1) is 12.3 Å². The Balaban J connectivity index is 1.55. The van der Waals surface area contributed by atoms with Crippen LogP contribution >= 0.6 is 11.3 Å². The van der Waals surface area contributed by atoms with Crippen molar-refractivity contribution in [3.05, 3.63) is 76.1 Å². The minimum atomic E-state index is -0.441. The number of fused-ring (bicyclic) bond motifs is 1. The van der Waals surface area contributed by atoms with Crippen molar-refractivity contribution in [2.24, 2.45) is 0 Å². The first kappa shape index (κ1) is 23.0. The average Bonchev–Trinajstić information content (AvgIpc) is 3.53. The molecule has 33 heavy (non-hydrogen) atoms. The van der Waals surface area contributed by atoms with Crippen LogP contribution in [0, 0.1) is 5.82 Å². The average molecular weight is 471 g/mol. The van der Waals surface area contributed by atoms with Gasteiger partial charge in [0.2, 0.25) is 5.91 Å². The molecule has 1 aliphatic rings. The van der Waals surface area contributed by atoms with Gasteiger partial charge in [-0.3, -0.25) is 9.59 Å². The molecule has 4 rings (SSSR count). The lowest BCUT2D eigenvalue weighted by atomic mass is 10.00. The summed E-state index contributed by atoms with van der Waals surface area (Å²) >= 11 is 1.65. The quantitative estimate of drug-likeness (QED) is 0.469. The normalized spacial score (nSPS) is 16.2. The van der Waals surface area contributed by atoms with Crippen LogP contribution < -0.4 is 4.74 Å². The van der Waals surface area contributed by atoms with Crippen molar-refractivity contribution in [3.63, 3.8) is 0 Å². The Morgan fingerprint density at radius 1 is 1.27 bits per heavy atom. The molecule has 0 aliphatic carbocycles. The summed E-state index contributed by atoms with van der Waals surface area (Å²) in [6.07, 6.45) is 2.89. The SMILES string of the molecule is CC[C@@H](C)N(CC(=O)N1CCc2sccc2[C@H]1COc1ccccc1F)C(=O)c1ccco1. The zero-order chi connectivity index (χ0) is 23.4. The standard InChI is InChI=1S/C25H27FN2O4S/c1-3-17(2)28(25(30)22-9-6-13-31-22)15-24(29)27-12-10-23-18(11-14-33-23)20(27)16-32-21-8-5-4-7-19(21)26/h4-9,11,13-14,17,20H,3,10,12,15-16H2,1-2H3/t17-,20-/m1/s1. The highest BCUT2D eigenvalue weighted by atomic mass is 32.1. The van der Waals surface area contributed by atoms with Crippen molar-refractivity contribution in [1.82, 2.24) is 9.80 Å². The minimum absolute atomic E-state index is 0.0653. The molecule has 0 radical (unpaired) electrons. The number of ether oxygens (including phenoxy) is 1. The molecule has 0 saturated heterocycles. The van der Waals surface area contributed by atoms with Gasteiger partial charge in [-0.1, -0.05) is 19.1 Å². The molecule has 2 aromatic heterocycles. The van der Waals surface area contributed by atoms with Gasteiger partial charge in [-0.15, -0.1) is 11.3 Å². The van der Waals surface area contributed by atoms with Crippen LogP contribution in [0.1, 0.15) is 47.3 Å². The molecular formula is C25H27FN2O4S. The molecule has 3 aromatic rings. The van der Waals surface area contributed by atoms with E-state index < -0.39 is 5.82 Å². The van der Waals surface area contributed by atoms with Crippen molar-refractivity contribution >= 4 is 23.2 Å². The van der Waals surface area contributed by atoms with Crippen LogP contribution in [0.3, 0.4) is 0 Å². The Morgan fingerprint density at radius 2 is 2.09 bits per heavy atom.